The molecule has 0 radical (unpaired) electrons. The maximum atomic E-state index is 13.0. The number of esters is 1. The van der Waals surface area contributed by atoms with Crippen LogP contribution in [0, 0.1) is 20.8 Å². The number of benzene rings is 1. The zero-order chi connectivity index (χ0) is 21.3. The molecule has 0 spiro atoms. The van der Waals surface area contributed by atoms with Gasteiger partial charge in [0.15, 0.2) is 16.8 Å². The zero-order valence-corrected chi connectivity index (χ0v) is 18.2. The molecule has 2 heterocycles. The third-order valence-electron chi connectivity index (χ3n) is 4.95. The van der Waals surface area contributed by atoms with Crippen molar-refractivity contribution in [2.75, 3.05) is 7.11 Å². The maximum absolute atomic E-state index is 13.0. The fourth-order valence-corrected chi connectivity index (χ4v) is 4.17. The fourth-order valence-electron chi connectivity index (χ4n) is 3.30. The molecular weight excluding hydrogens is 388 g/mol. The highest BCUT2D eigenvalue weighted by molar-refractivity contribution is 8.00. The number of aryl methyl sites for hydroxylation is 2. The predicted octanol–water partition coefficient (Wildman–Crippen LogP) is 3.89. The molecule has 0 fully saturated rings. The number of Topliss-reactive ketones (excluding diaryl/α,β-unsaturated/α-hetero) is 1. The average molecular weight is 413 g/mol. The summed E-state index contributed by atoms with van der Waals surface area (Å²) in [4.78, 5) is 28.0. The van der Waals surface area contributed by atoms with E-state index >= 15 is 0 Å². The number of nitrogens with zero attached hydrogens (tertiary/aromatic N) is 3. The van der Waals surface area contributed by atoms with Gasteiger partial charge in [0.05, 0.1) is 23.6 Å². The molecule has 0 amide bonds. The van der Waals surface area contributed by atoms with Crippen LogP contribution in [0.2, 0.25) is 0 Å². The van der Waals surface area contributed by atoms with Crippen LogP contribution in [0.25, 0.3) is 11.4 Å². The Labute approximate surface area is 173 Å². The maximum Gasteiger partial charge on any atom is 0.339 e. The lowest BCUT2D eigenvalue weighted by Gasteiger charge is -2.10. The molecule has 7 nitrogen and oxygen atoms in total. The zero-order valence-electron chi connectivity index (χ0n) is 17.4. The van der Waals surface area contributed by atoms with Crippen LogP contribution >= 0.6 is 11.8 Å². The summed E-state index contributed by atoms with van der Waals surface area (Å²) in [6.45, 7) is 7.35. The van der Waals surface area contributed by atoms with Crippen LogP contribution < -0.4 is 0 Å². The highest BCUT2D eigenvalue weighted by atomic mass is 32.2. The normalized spacial score (nSPS) is 12.1. The van der Waals surface area contributed by atoms with Crippen molar-refractivity contribution >= 4 is 23.5 Å². The molecule has 2 aromatic heterocycles. The number of thioether (sulfide) groups is 1. The average Bonchev–Trinajstić information content (AvgIpc) is 3.20. The second kappa shape index (κ2) is 8.24. The summed E-state index contributed by atoms with van der Waals surface area (Å²) in [5.74, 6) is 0.197. The van der Waals surface area contributed by atoms with Crippen LogP contribution in [0.5, 0.6) is 0 Å². The van der Waals surface area contributed by atoms with Gasteiger partial charge in [0.25, 0.3) is 0 Å². The van der Waals surface area contributed by atoms with Crippen LogP contribution in [0.1, 0.15) is 44.6 Å². The van der Waals surface area contributed by atoms with Gasteiger partial charge in [0.2, 0.25) is 0 Å². The molecule has 8 heteroatoms. The van der Waals surface area contributed by atoms with Gasteiger partial charge in [-0.2, -0.15) is 0 Å². The highest BCUT2D eigenvalue weighted by Gasteiger charge is 2.27. The van der Waals surface area contributed by atoms with E-state index in [1.807, 2.05) is 49.7 Å². The first kappa shape index (κ1) is 20.9. The van der Waals surface area contributed by atoms with E-state index in [0.717, 1.165) is 17.0 Å². The highest BCUT2D eigenvalue weighted by Crippen LogP contribution is 2.30. The SMILES string of the molecule is COC(=O)c1c(C)[nH]c(C(=O)C(C)Sc2nnc(-c3ccccc3C)n2C)c1C. The van der Waals surface area contributed by atoms with Crippen molar-refractivity contribution in [3.63, 3.8) is 0 Å². The molecule has 0 aliphatic rings. The molecule has 3 aromatic rings. The molecule has 152 valence electrons. The van der Waals surface area contributed by atoms with Crippen molar-refractivity contribution in [2.24, 2.45) is 7.05 Å². The number of carbonyl (C=O) groups is 2. The van der Waals surface area contributed by atoms with Crippen molar-refractivity contribution < 1.29 is 14.3 Å². The van der Waals surface area contributed by atoms with Gasteiger partial charge >= 0.3 is 5.97 Å². The van der Waals surface area contributed by atoms with Crippen molar-refractivity contribution in [2.45, 2.75) is 38.1 Å². The van der Waals surface area contributed by atoms with E-state index in [1.165, 1.54) is 18.9 Å². The van der Waals surface area contributed by atoms with Crippen molar-refractivity contribution in [3.8, 4) is 11.4 Å². The van der Waals surface area contributed by atoms with Crippen LogP contribution in [-0.4, -0.2) is 43.9 Å². The molecule has 3 rings (SSSR count). The predicted molar refractivity (Wildman–Crippen MR) is 112 cm³/mol. The Kier molecular flexibility index (Phi) is 5.93. The lowest BCUT2D eigenvalue weighted by atomic mass is 10.1. The van der Waals surface area contributed by atoms with Gasteiger partial charge in [-0.1, -0.05) is 36.0 Å². The van der Waals surface area contributed by atoms with Crippen molar-refractivity contribution in [3.05, 3.63) is 52.3 Å². The van der Waals surface area contributed by atoms with Gasteiger partial charge in [0.1, 0.15) is 0 Å². The number of hydrogen-bond acceptors (Lipinski definition) is 6. The number of aromatic nitrogens is 4. The lowest BCUT2D eigenvalue weighted by Crippen LogP contribution is -2.16. The monoisotopic (exact) mass is 412 g/mol. The van der Waals surface area contributed by atoms with Gasteiger partial charge in [-0.3, -0.25) is 4.79 Å². The quantitative estimate of drug-likeness (QED) is 0.375. The molecule has 29 heavy (non-hydrogen) atoms. The third-order valence-corrected chi connectivity index (χ3v) is 6.08. The molecular formula is C21H24N4O3S. The number of ketones is 1. The summed E-state index contributed by atoms with van der Waals surface area (Å²) in [6.07, 6.45) is 0. The molecule has 1 aromatic carbocycles. The van der Waals surface area contributed by atoms with Crippen molar-refractivity contribution in [1.29, 1.82) is 0 Å². The molecule has 1 atom stereocenters. The number of hydrogen-bond donors (Lipinski definition) is 1. The second-order valence-corrected chi connectivity index (χ2v) is 8.23. The van der Waals surface area contributed by atoms with E-state index < -0.39 is 11.2 Å². The fraction of sp³-hybridized carbons (Fsp3) is 0.333. The Balaban J connectivity index is 1.85. The summed E-state index contributed by atoms with van der Waals surface area (Å²) in [7, 11) is 3.22. The van der Waals surface area contributed by atoms with Crippen LogP contribution in [0.3, 0.4) is 0 Å². The third kappa shape index (κ3) is 3.85. The number of methoxy groups -OCH3 is 1. The molecule has 0 bridgehead atoms. The molecule has 0 saturated carbocycles. The van der Waals surface area contributed by atoms with E-state index in [9.17, 15) is 9.59 Å². The molecule has 0 aliphatic heterocycles. The van der Waals surface area contributed by atoms with Crippen LogP contribution in [0.15, 0.2) is 29.4 Å². The van der Waals surface area contributed by atoms with E-state index in [1.54, 1.807) is 13.8 Å². The largest absolute Gasteiger partial charge is 0.465 e. The van der Waals surface area contributed by atoms with Gasteiger partial charge in [-0.25, -0.2) is 4.79 Å². The van der Waals surface area contributed by atoms with E-state index in [2.05, 4.69) is 15.2 Å². The summed E-state index contributed by atoms with van der Waals surface area (Å²) >= 11 is 1.34. The number of rotatable bonds is 6. The van der Waals surface area contributed by atoms with Gasteiger partial charge in [-0.05, 0) is 38.8 Å². The summed E-state index contributed by atoms with van der Waals surface area (Å²) < 4.78 is 6.71. The standard InChI is InChI=1S/C21H24N4O3S/c1-11-9-7-8-10-15(11)19-23-24-21(25(19)5)29-14(4)18(26)17-12(2)16(13(3)22-17)20(27)28-6/h7-10,14,22H,1-6H3. The molecule has 0 aliphatic carbocycles. The Morgan fingerprint density at radius 1 is 1.17 bits per heavy atom. The first-order chi connectivity index (χ1) is 13.8. The van der Waals surface area contributed by atoms with E-state index in [-0.39, 0.29) is 5.78 Å². The summed E-state index contributed by atoms with van der Waals surface area (Å²) in [5, 5.41) is 8.83. The minimum absolute atomic E-state index is 0.105. The number of nitrogens with one attached hydrogen (secondary N) is 1. The number of aromatic amines is 1. The van der Waals surface area contributed by atoms with E-state index in [4.69, 9.17) is 4.74 Å². The Hall–Kier alpha value is -2.87. The first-order valence-corrected chi connectivity index (χ1v) is 10.1. The number of H-pyrrole nitrogens is 1. The minimum Gasteiger partial charge on any atom is -0.465 e. The molecule has 1 unspecified atom stereocenters. The van der Waals surface area contributed by atoms with Crippen LogP contribution in [0.4, 0.5) is 0 Å². The number of carbonyl (C=O) groups excluding carboxylic acids is 2. The molecule has 0 saturated heterocycles. The summed E-state index contributed by atoms with van der Waals surface area (Å²) in [6, 6.07) is 7.97. The first-order valence-electron chi connectivity index (χ1n) is 9.20. The minimum atomic E-state index is -0.452. The second-order valence-electron chi connectivity index (χ2n) is 6.92. The van der Waals surface area contributed by atoms with Crippen molar-refractivity contribution in [1.82, 2.24) is 19.7 Å². The number of ether oxygens (including phenoxy) is 1. The Morgan fingerprint density at radius 3 is 2.52 bits per heavy atom. The topological polar surface area (TPSA) is 89.9 Å². The van der Waals surface area contributed by atoms with Gasteiger partial charge in [-0.15, -0.1) is 10.2 Å². The van der Waals surface area contributed by atoms with Gasteiger partial charge in [0, 0.05) is 18.3 Å². The lowest BCUT2D eigenvalue weighted by molar-refractivity contribution is 0.0599. The smallest absolute Gasteiger partial charge is 0.339 e. The Morgan fingerprint density at radius 2 is 1.86 bits per heavy atom. The van der Waals surface area contributed by atoms with E-state index in [0.29, 0.717) is 27.7 Å². The van der Waals surface area contributed by atoms with Crippen LogP contribution in [-0.2, 0) is 11.8 Å². The molecule has 1 N–H and O–H groups in total. The van der Waals surface area contributed by atoms with Gasteiger partial charge < -0.3 is 14.3 Å². The summed E-state index contributed by atoms with van der Waals surface area (Å²) in [5.41, 5.74) is 4.17. The Bertz CT molecular complexity index is 1080.